The molecule has 3 rings (SSSR count). The molecule has 7 nitrogen and oxygen atoms in total. The summed E-state index contributed by atoms with van der Waals surface area (Å²) in [5, 5.41) is 15.3. The molecule has 3 amide bonds. The first-order chi connectivity index (χ1) is 14.4. The first-order valence-corrected chi connectivity index (χ1v) is 12.5. The van der Waals surface area contributed by atoms with Gasteiger partial charge in [-0.1, -0.05) is 27.2 Å². The number of rotatable bonds is 11. The van der Waals surface area contributed by atoms with E-state index < -0.39 is 16.7 Å². The second kappa shape index (κ2) is 9.90. The zero-order valence-electron chi connectivity index (χ0n) is 18.5. The topological polar surface area (TPSA) is 98.7 Å². The molecule has 3 saturated heterocycles. The van der Waals surface area contributed by atoms with Crippen molar-refractivity contribution in [2.45, 2.75) is 75.3 Å². The largest absolute Gasteiger partial charge is 0.396 e. The number of aliphatic hydroxyl groups excluding tert-OH is 1. The zero-order chi connectivity index (χ0) is 21.9. The third-order valence-electron chi connectivity index (χ3n) is 6.98. The van der Waals surface area contributed by atoms with Gasteiger partial charge in [0, 0.05) is 31.5 Å². The highest BCUT2D eigenvalue weighted by atomic mass is 32.2. The second-order valence-electron chi connectivity index (χ2n) is 8.95. The quantitative estimate of drug-likeness (QED) is 0.424. The number of hydrogen-bond acceptors (Lipinski definition) is 5. The molecule has 0 aromatic carbocycles. The van der Waals surface area contributed by atoms with Crippen molar-refractivity contribution >= 4 is 29.5 Å². The van der Waals surface area contributed by atoms with Crippen LogP contribution >= 0.6 is 11.8 Å². The SMILES string of the molecule is CCCCNC(=O)C1N(CCCCO)C(=O)[C@@H]2[C@H](C(=O)NCCC)[C@@H]3CC(C)C12S3. The van der Waals surface area contributed by atoms with Gasteiger partial charge in [-0.25, -0.2) is 0 Å². The average Bonchev–Trinajstić information content (AvgIpc) is 3.30. The molecule has 3 unspecified atom stereocenters. The van der Waals surface area contributed by atoms with Crippen LogP contribution in [0.25, 0.3) is 0 Å². The Bertz CT molecular complexity index is 660. The van der Waals surface area contributed by atoms with Gasteiger partial charge in [0.15, 0.2) is 0 Å². The summed E-state index contributed by atoms with van der Waals surface area (Å²) in [5.74, 6) is -0.784. The van der Waals surface area contributed by atoms with Crippen molar-refractivity contribution in [1.82, 2.24) is 15.5 Å². The molecule has 0 aromatic heterocycles. The second-order valence-corrected chi connectivity index (χ2v) is 10.5. The summed E-state index contributed by atoms with van der Waals surface area (Å²) < 4.78 is -0.536. The van der Waals surface area contributed by atoms with Gasteiger partial charge in [-0.3, -0.25) is 14.4 Å². The van der Waals surface area contributed by atoms with Crippen LogP contribution in [0.2, 0.25) is 0 Å². The molecule has 8 heteroatoms. The third kappa shape index (κ3) is 3.85. The number of likely N-dealkylation sites (tertiary alicyclic amines) is 1. The number of fused-ring (bicyclic) bond motifs is 1. The molecule has 3 heterocycles. The molecular weight excluding hydrogens is 402 g/mol. The highest BCUT2D eigenvalue weighted by molar-refractivity contribution is 8.02. The van der Waals surface area contributed by atoms with Crippen LogP contribution in [0.1, 0.15) is 59.3 Å². The smallest absolute Gasteiger partial charge is 0.244 e. The van der Waals surface area contributed by atoms with E-state index in [4.69, 9.17) is 0 Å². The predicted molar refractivity (Wildman–Crippen MR) is 118 cm³/mol. The van der Waals surface area contributed by atoms with Crippen molar-refractivity contribution in [3.8, 4) is 0 Å². The number of nitrogens with zero attached hydrogens (tertiary/aromatic N) is 1. The first kappa shape index (κ1) is 23.4. The minimum atomic E-state index is -0.542. The normalized spacial score (nSPS) is 34.3. The molecular formula is C22H37N3O4S. The van der Waals surface area contributed by atoms with Crippen LogP contribution in [-0.4, -0.2) is 70.0 Å². The van der Waals surface area contributed by atoms with Crippen LogP contribution in [-0.2, 0) is 14.4 Å². The minimum Gasteiger partial charge on any atom is -0.396 e. The Kier molecular flexibility index (Phi) is 7.71. The van der Waals surface area contributed by atoms with Crippen LogP contribution < -0.4 is 10.6 Å². The molecule has 2 bridgehead atoms. The summed E-state index contributed by atoms with van der Waals surface area (Å²) in [6, 6.07) is -0.542. The maximum absolute atomic E-state index is 13.6. The number of amides is 3. The Hall–Kier alpha value is -1.28. The van der Waals surface area contributed by atoms with Gasteiger partial charge in [-0.2, -0.15) is 0 Å². The average molecular weight is 440 g/mol. The number of carbonyl (C=O) groups excluding carboxylic acids is 3. The van der Waals surface area contributed by atoms with Crippen LogP contribution in [0, 0.1) is 17.8 Å². The van der Waals surface area contributed by atoms with E-state index in [0.29, 0.717) is 32.5 Å². The molecule has 3 aliphatic rings. The Morgan fingerprint density at radius 2 is 1.87 bits per heavy atom. The third-order valence-corrected chi connectivity index (χ3v) is 9.06. The summed E-state index contributed by atoms with van der Waals surface area (Å²) in [6.45, 7) is 7.96. The van der Waals surface area contributed by atoms with E-state index in [9.17, 15) is 19.5 Å². The maximum atomic E-state index is 13.6. The molecule has 3 N–H and O–H groups in total. The van der Waals surface area contributed by atoms with Crippen molar-refractivity contribution in [3.63, 3.8) is 0 Å². The van der Waals surface area contributed by atoms with Crippen molar-refractivity contribution in [1.29, 1.82) is 0 Å². The van der Waals surface area contributed by atoms with Crippen molar-refractivity contribution in [3.05, 3.63) is 0 Å². The highest BCUT2D eigenvalue weighted by Crippen LogP contribution is 2.68. The van der Waals surface area contributed by atoms with Gasteiger partial charge < -0.3 is 20.6 Å². The van der Waals surface area contributed by atoms with Crippen LogP contribution in [0.15, 0.2) is 0 Å². The lowest BCUT2D eigenvalue weighted by molar-refractivity contribution is -0.140. The maximum Gasteiger partial charge on any atom is 0.244 e. The Morgan fingerprint density at radius 3 is 2.53 bits per heavy atom. The standard InChI is InChI=1S/C22H37N3O4S/c1-4-6-10-24-20(28)18-22-14(3)13-15(30-22)16(19(27)23-9-5-2)17(22)21(29)25(18)11-7-8-12-26/h14-18,26H,4-13H2,1-3H3,(H,23,27)(H,24,28)/t14?,15-,16+,17-,18?,22?/m0/s1. The summed E-state index contributed by atoms with van der Waals surface area (Å²) in [7, 11) is 0. The summed E-state index contributed by atoms with van der Waals surface area (Å²) >= 11 is 1.72. The van der Waals surface area contributed by atoms with Gasteiger partial charge in [-0.15, -0.1) is 11.8 Å². The molecule has 1 spiro atoms. The molecule has 3 fully saturated rings. The molecule has 0 radical (unpaired) electrons. The van der Waals surface area contributed by atoms with E-state index >= 15 is 0 Å². The fourth-order valence-electron chi connectivity index (χ4n) is 5.61. The van der Waals surface area contributed by atoms with Crippen molar-refractivity contribution in [2.24, 2.45) is 17.8 Å². The zero-order valence-corrected chi connectivity index (χ0v) is 19.3. The van der Waals surface area contributed by atoms with Gasteiger partial charge in [0.2, 0.25) is 17.7 Å². The number of nitrogens with one attached hydrogen (secondary N) is 2. The van der Waals surface area contributed by atoms with Crippen LogP contribution in [0.5, 0.6) is 0 Å². The lowest BCUT2D eigenvalue weighted by Gasteiger charge is -2.38. The molecule has 0 aromatic rings. The minimum absolute atomic E-state index is 0.0381. The number of unbranched alkanes of at least 4 members (excludes halogenated alkanes) is 2. The summed E-state index contributed by atoms with van der Waals surface area (Å²) in [6.07, 6.45) is 4.86. The summed E-state index contributed by atoms with van der Waals surface area (Å²) in [5.41, 5.74) is 0. The van der Waals surface area contributed by atoms with Gasteiger partial charge >= 0.3 is 0 Å². The number of thioether (sulfide) groups is 1. The highest BCUT2D eigenvalue weighted by Gasteiger charge is 2.75. The van der Waals surface area contributed by atoms with Gasteiger partial charge in [0.05, 0.1) is 16.6 Å². The van der Waals surface area contributed by atoms with Crippen molar-refractivity contribution < 1.29 is 19.5 Å². The Balaban J connectivity index is 1.92. The van der Waals surface area contributed by atoms with Gasteiger partial charge in [0.1, 0.15) is 6.04 Å². The number of aliphatic hydroxyl groups is 1. The van der Waals surface area contributed by atoms with E-state index in [1.54, 1.807) is 16.7 Å². The van der Waals surface area contributed by atoms with Gasteiger partial charge in [-0.05, 0) is 38.0 Å². The summed E-state index contributed by atoms with van der Waals surface area (Å²) in [4.78, 5) is 41.7. The van der Waals surface area contributed by atoms with E-state index in [-0.39, 0.29) is 41.4 Å². The fourth-order valence-corrected chi connectivity index (χ4v) is 8.03. The predicted octanol–water partition coefficient (Wildman–Crippen LogP) is 1.54. The van der Waals surface area contributed by atoms with E-state index in [0.717, 1.165) is 25.7 Å². The van der Waals surface area contributed by atoms with Gasteiger partial charge in [0.25, 0.3) is 0 Å². The number of hydrogen-bond donors (Lipinski definition) is 3. The lowest BCUT2D eigenvalue weighted by atomic mass is 9.66. The van der Waals surface area contributed by atoms with Crippen LogP contribution in [0.3, 0.4) is 0 Å². The lowest BCUT2D eigenvalue weighted by Crippen LogP contribution is -2.56. The molecule has 0 saturated carbocycles. The van der Waals surface area contributed by atoms with E-state index in [1.807, 2.05) is 6.92 Å². The molecule has 170 valence electrons. The van der Waals surface area contributed by atoms with Crippen LogP contribution in [0.4, 0.5) is 0 Å². The Morgan fingerprint density at radius 1 is 1.13 bits per heavy atom. The number of carbonyl (C=O) groups is 3. The Labute approximate surface area is 184 Å². The van der Waals surface area contributed by atoms with Crippen molar-refractivity contribution in [2.75, 3.05) is 26.2 Å². The monoisotopic (exact) mass is 439 g/mol. The molecule has 30 heavy (non-hydrogen) atoms. The first-order valence-electron chi connectivity index (χ1n) is 11.6. The fraction of sp³-hybridized carbons (Fsp3) is 0.864. The van der Waals surface area contributed by atoms with E-state index in [1.165, 1.54) is 0 Å². The molecule has 0 aliphatic carbocycles. The van der Waals surface area contributed by atoms with E-state index in [2.05, 4.69) is 24.5 Å². The molecule has 3 aliphatic heterocycles. The molecule has 6 atom stereocenters.